The summed E-state index contributed by atoms with van der Waals surface area (Å²) < 4.78 is 23.4. The van der Waals surface area contributed by atoms with Crippen molar-refractivity contribution in [2.24, 2.45) is 0 Å². The molecule has 1 heterocycles. The normalized spacial score (nSPS) is 17.3. The highest BCUT2D eigenvalue weighted by atomic mass is 35.5. The van der Waals surface area contributed by atoms with E-state index < -0.39 is 14.8 Å². The second kappa shape index (κ2) is 5.10. The topological polar surface area (TPSA) is 89.3 Å². The van der Waals surface area contributed by atoms with Gasteiger partial charge in [-0.25, -0.2) is 8.42 Å². The molecule has 0 aliphatic carbocycles. The van der Waals surface area contributed by atoms with Gasteiger partial charge >= 0.3 is 0 Å². The van der Waals surface area contributed by atoms with E-state index in [1.807, 2.05) is 0 Å². The number of hydrogen-bond donors (Lipinski definition) is 1. The van der Waals surface area contributed by atoms with Crippen LogP contribution in [0.1, 0.15) is 11.5 Å². The Morgan fingerprint density at radius 3 is 2.68 bits per heavy atom. The molecular weight excluding hydrogens is 328 g/mol. The molecule has 0 radical (unpaired) electrons. The summed E-state index contributed by atoms with van der Waals surface area (Å²) in [4.78, 5) is 10.9. The number of nitrogens with zero attached hydrogens (tertiary/aromatic N) is 1. The number of alkyl halides is 1. The van der Waals surface area contributed by atoms with E-state index >= 15 is 0 Å². The lowest BCUT2D eigenvalue weighted by Gasteiger charge is -2.11. The van der Waals surface area contributed by atoms with E-state index in [4.69, 9.17) is 11.6 Å². The van der Waals surface area contributed by atoms with Gasteiger partial charge in [0.1, 0.15) is 0 Å². The van der Waals surface area contributed by atoms with Crippen LogP contribution in [0.25, 0.3) is 10.8 Å². The summed E-state index contributed by atoms with van der Waals surface area (Å²) in [6, 6.07) is 5.93. The average molecular weight is 341 g/mol. The second-order valence-electron chi connectivity index (χ2n) is 5.33. The average Bonchev–Trinajstić information content (AvgIpc) is 2.87. The predicted octanol–water partition coefficient (Wildman–Crippen LogP) is 2.90. The molecule has 0 fully saturated rings. The quantitative estimate of drug-likeness (QED) is 0.527. The standard InChI is InChI=1S/C14H13ClN2O4S/c1-22(20,21)9-2-3-10-11(4-9)13(17(18)19)5-12-14(10)8(6-15)7-16-12/h2-5,8,16H,6-7H2,1H3. The maximum Gasteiger partial charge on any atom is 0.279 e. The maximum atomic E-state index is 11.7. The number of rotatable bonds is 3. The van der Waals surface area contributed by atoms with Crippen LogP contribution in [0.4, 0.5) is 11.4 Å². The van der Waals surface area contributed by atoms with Crippen LogP contribution in [0, 0.1) is 10.1 Å². The number of anilines is 1. The Labute approximate surface area is 132 Å². The van der Waals surface area contributed by atoms with E-state index in [9.17, 15) is 18.5 Å². The molecule has 0 amide bonds. The molecule has 8 heteroatoms. The fourth-order valence-electron chi connectivity index (χ4n) is 2.84. The largest absolute Gasteiger partial charge is 0.384 e. The molecule has 3 rings (SSSR count). The Morgan fingerprint density at radius 1 is 1.36 bits per heavy atom. The summed E-state index contributed by atoms with van der Waals surface area (Å²) in [5.74, 6) is 0.435. The van der Waals surface area contributed by atoms with Gasteiger partial charge < -0.3 is 5.32 Å². The number of sulfone groups is 1. The van der Waals surface area contributed by atoms with Gasteiger partial charge in [0.25, 0.3) is 5.69 Å². The number of nitrogens with one attached hydrogen (secondary N) is 1. The Kier molecular flexibility index (Phi) is 3.49. The number of hydrogen-bond acceptors (Lipinski definition) is 5. The number of non-ortho nitro benzene ring substituents is 1. The molecule has 1 unspecified atom stereocenters. The zero-order valence-corrected chi connectivity index (χ0v) is 13.2. The van der Waals surface area contributed by atoms with Crippen molar-refractivity contribution in [1.29, 1.82) is 0 Å². The lowest BCUT2D eigenvalue weighted by atomic mass is 9.95. The minimum Gasteiger partial charge on any atom is -0.384 e. The molecule has 0 saturated heterocycles. The molecule has 1 aliphatic rings. The summed E-state index contributed by atoms with van der Waals surface area (Å²) >= 11 is 5.97. The zero-order valence-electron chi connectivity index (χ0n) is 11.7. The number of nitro benzene ring substituents is 1. The Morgan fingerprint density at radius 2 is 2.09 bits per heavy atom. The van der Waals surface area contributed by atoms with Crippen molar-refractivity contribution in [3.05, 3.63) is 39.9 Å². The number of fused-ring (bicyclic) bond motifs is 3. The highest BCUT2D eigenvalue weighted by molar-refractivity contribution is 7.90. The highest BCUT2D eigenvalue weighted by Gasteiger charge is 2.28. The first-order valence-electron chi connectivity index (χ1n) is 6.58. The van der Waals surface area contributed by atoms with E-state index in [2.05, 4.69) is 5.32 Å². The van der Waals surface area contributed by atoms with Crippen molar-refractivity contribution >= 4 is 43.6 Å². The van der Waals surface area contributed by atoms with Crippen molar-refractivity contribution in [2.75, 3.05) is 24.0 Å². The maximum absolute atomic E-state index is 11.7. The first-order chi connectivity index (χ1) is 10.3. The van der Waals surface area contributed by atoms with Crippen molar-refractivity contribution in [1.82, 2.24) is 0 Å². The first kappa shape index (κ1) is 15.1. The van der Waals surface area contributed by atoms with E-state index in [0.29, 0.717) is 28.9 Å². The van der Waals surface area contributed by atoms with Gasteiger partial charge in [0.15, 0.2) is 9.84 Å². The second-order valence-corrected chi connectivity index (χ2v) is 7.65. The van der Waals surface area contributed by atoms with Crippen molar-refractivity contribution in [2.45, 2.75) is 10.8 Å². The molecule has 0 bridgehead atoms. The van der Waals surface area contributed by atoms with Crippen LogP contribution in [0.3, 0.4) is 0 Å². The lowest BCUT2D eigenvalue weighted by Crippen LogP contribution is -2.03. The molecular formula is C14H13ClN2O4S. The van der Waals surface area contributed by atoms with Crippen LogP contribution < -0.4 is 5.32 Å². The summed E-state index contributed by atoms with van der Waals surface area (Å²) in [5, 5.41) is 15.5. The van der Waals surface area contributed by atoms with Gasteiger partial charge in [0.05, 0.1) is 15.2 Å². The molecule has 1 aliphatic heterocycles. The van der Waals surface area contributed by atoms with E-state index in [1.54, 1.807) is 6.07 Å². The minimum absolute atomic E-state index is 0.0454. The van der Waals surface area contributed by atoms with Gasteiger partial charge in [-0.05, 0) is 23.1 Å². The minimum atomic E-state index is -3.43. The lowest BCUT2D eigenvalue weighted by molar-refractivity contribution is -0.383. The summed E-state index contributed by atoms with van der Waals surface area (Å²) in [6.07, 6.45) is 1.08. The fourth-order valence-corrected chi connectivity index (χ4v) is 3.75. The van der Waals surface area contributed by atoms with Gasteiger partial charge in [-0.15, -0.1) is 11.6 Å². The van der Waals surface area contributed by atoms with E-state index in [1.165, 1.54) is 18.2 Å². The molecule has 116 valence electrons. The van der Waals surface area contributed by atoms with Crippen molar-refractivity contribution in [3.8, 4) is 0 Å². The van der Waals surface area contributed by atoms with Gasteiger partial charge in [-0.3, -0.25) is 10.1 Å². The molecule has 2 aromatic rings. The fraction of sp³-hybridized carbons (Fsp3) is 0.286. The van der Waals surface area contributed by atoms with Gasteiger partial charge in [0, 0.05) is 36.4 Å². The van der Waals surface area contributed by atoms with Crippen LogP contribution in [-0.4, -0.2) is 32.0 Å². The molecule has 2 aromatic carbocycles. The summed E-state index contributed by atoms with van der Waals surface area (Å²) in [5.41, 5.74) is 1.49. The number of benzene rings is 2. The Hall–Kier alpha value is -1.86. The first-order valence-corrected chi connectivity index (χ1v) is 9.00. The Bertz CT molecular complexity index is 895. The van der Waals surface area contributed by atoms with Crippen LogP contribution in [-0.2, 0) is 9.84 Å². The van der Waals surface area contributed by atoms with Gasteiger partial charge in [-0.1, -0.05) is 6.07 Å². The third-order valence-corrected chi connectivity index (χ3v) is 5.37. The van der Waals surface area contributed by atoms with E-state index in [-0.39, 0.29) is 16.5 Å². The molecule has 1 atom stereocenters. The van der Waals surface area contributed by atoms with Crippen LogP contribution in [0.15, 0.2) is 29.2 Å². The van der Waals surface area contributed by atoms with E-state index in [0.717, 1.165) is 11.8 Å². The smallest absolute Gasteiger partial charge is 0.279 e. The van der Waals surface area contributed by atoms with Gasteiger partial charge in [-0.2, -0.15) is 0 Å². The molecule has 6 nitrogen and oxygen atoms in total. The summed E-state index contributed by atoms with van der Waals surface area (Å²) in [6.45, 7) is 0.614. The molecule has 22 heavy (non-hydrogen) atoms. The molecule has 1 N–H and O–H groups in total. The zero-order chi connectivity index (χ0) is 16.1. The number of nitro groups is 1. The van der Waals surface area contributed by atoms with Crippen LogP contribution in [0.2, 0.25) is 0 Å². The SMILES string of the molecule is CS(=O)(=O)c1ccc2c3c(cc([N+](=O)[O-])c2c1)NCC3CCl. The molecule has 0 spiro atoms. The highest BCUT2D eigenvalue weighted by Crippen LogP contribution is 2.42. The third kappa shape index (κ3) is 2.30. The van der Waals surface area contributed by atoms with Crippen LogP contribution >= 0.6 is 11.6 Å². The molecule has 0 saturated carbocycles. The number of halogens is 1. The predicted molar refractivity (Wildman–Crippen MR) is 85.7 cm³/mol. The summed E-state index contributed by atoms with van der Waals surface area (Å²) in [7, 11) is -3.43. The van der Waals surface area contributed by atoms with Crippen molar-refractivity contribution < 1.29 is 13.3 Å². The Balaban J connectivity index is 2.40. The van der Waals surface area contributed by atoms with Crippen LogP contribution in [0.5, 0.6) is 0 Å². The third-order valence-electron chi connectivity index (χ3n) is 3.89. The van der Waals surface area contributed by atoms with Gasteiger partial charge in [0.2, 0.25) is 0 Å². The molecule has 0 aromatic heterocycles. The monoisotopic (exact) mass is 340 g/mol. The van der Waals surface area contributed by atoms with Crippen molar-refractivity contribution in [3.63, 3.8) is 0 Å².